The number of halogens is 1. The fourth-order valence-corrected chi connectivity index (χ4v) is 3.27. The van der Waals surface area contributed by atoms with E-state index in [0.717, 1.165) is 19.5 Å². The van der Waals surface area contributed by atoms with Gasteiger partial charge in [-0.3, -0.25) is 20.0 Å². The molecular formula is C19H22ClN3O2. The standard InChI is InChI=1S/C19H21N3O2.ClH/c23-22(24)19-11-2-1-7-16(19)9-6-14-21-13-4-3-10-18(21)17-8-5-12-20-15-17;/h1-2,5-9,11-12,15,18H,3-4,10,13-14H2;1H/b9-6+;. The zero-order valence-corrected chi connectivity index (χ0v) is 14.8. The van der Waals surface area contributed by atoms with Crippen LogP contribution in [-0.4, -0.2) is 27.9 Å². The first-order chi connectivity index (χ1) is 11.8. The van der Waals surface area contributed by atoms with Crippen molar-refractivity contribution in [3.05, 3.63) is 76.1 Å². The Kier molecular flexibility index (Phi) is 7.10. The Labute approximate surface area is 153 Å². The van der Waals surface area contributed by atoms with Gasteiger partial charge in [0.2, 0.25) is 0 Å². The molecule has 132 valence electrons. The Morgan fingerprint density at radius 1 is 1.24 bits per heavy atom. The van der Waals surface area contributed by atoms with E-state index >= 15 is 0 Å². The van der Waals surface area contributed by atoms with Crippen LogP contribution >= 0.6 is 12.4 Å². The first-order valence-corrected chi connectivity index (χ1v) is 8.29. The molecule has 0 N–H and O–H groups in total. The summed E-state index contributed by atoms with van der Waals surface area (Å²) in [7, 11) is 0. The molecule has 0 saturated carbocycles. The van der Waals surface area contributed by atoms with E-state index in [-0.39, 0.29) is 23.0 Å². The third-order valence-electron chi connectivity index (χ3n) is 4.45. The van der Waals surface area contributed by atoms with Crippen molar-refractivity contribution in [3.8, 4) is 0 Å². The number of likely N-dealkylation sites (tertiary alicyclic amines) is 1. The van der Waals surface area contributed by atoms with Crippen molar-refractivity contribution in [2.75, 3.05) is 13.1 Å². The van der Waals surface area contributed by atoms with E-state index in [0.29, 0.717) is 11.6 Å². The first-order valence-electron chi connectivity index (χ1n) is 8.29. The predicted molar refractivity (Wildman–Crippen MR) is 102 cm³/mol. The van der Waals surface area contributed by atoms with E-state index in [1.54, 1.807) is 24.4 Å². The maximum atomic E-state index is 11.1. The molecule has 3 rings (SSSR count). The van der Waals surface area contributed by atoms with Crippen LogP contribution < -0.4 is 0 Å². The highest BCUT2D eigenvalue weighted by Gasteiger charge is 2.23. The zero-order valence-electron chi connectivity index (χ0n) is 14.0. The van der Waals surface area contributed by atoms with Crippen molar-refractivity contribution in [3.63, 3.8) is 0 Å². The van der Waals surface area contributed by atoms with Crippen LogP contribution in [0.4, 0.5) is 5.69 Å². The molecule has 1 unspecified atom stereocenters. The van der Waals surface area contributed by atoms with E-state index in [4.69, 9.17) is 0 Å². The molecule has 1 aliphatic heterocycles. The molecule has 0 amide bonds. The first kappa shape index (κ1) is 19.1. The van der Waals surface area contributed by atoms with Gasteiger partial charge in [0.05, 0.1) is 10.5 Å². The van der Waals surface area contributed by atoms with Gasteiger partial charge in [-0.05, 0) is 37.1 Å². The highest BCUT2D eigenvalue weighted by molar-refractivity contribution is 5.85. The number of aromatic nitrogens is 1. The zero-order chi connectivity index (χ0) is 16.8. The Balaban J connectivity index is 0.00000225. The third kappa shape index (κ3) is 4.87. The maximum absolute atomic E-state index is 11.1. The number of hydrogen-bond acceptors (Lipinski definition) is 4. The van der Waals surface area contributed by atoms with Gasteiger partial charge in [-0.1, -0.05) is 36.8 Å². The molecule has 1 fully saturated rings. The molecule has 0 bridgehead atoms. The van der Waals surface area contributed by atoms with E-state index < -0.39 is 0 Å². The highest BCUT2D eigenvalue weighted by atomic mass is 35.5. The fraction of sp³-hybridized carbons (Fsp3) is 0.316. The van der Waals surface area contributed by atoms with Gasteiger partial charge in [0.1, 0.15) is 0 Å². The van der Waals surface area contributed by atoms with Gasteiger partial charge in [0.25, 0.3) is 5.69 Å². The number of piperidine rings is 1. The summed E-state index contributed by atoms with van der Waals surface area (Å²) in [5.74, 6) is 0. The molecule has 1 aliphatic rings. The number of pyridine rings is 1. The number of nitro groups is 1. The van der Waals surface area contributed by atoms with Gasteiger partial charge < -0.3 is 0 Å². The van der Waals surface area contributed by atoms with Gasteiger partial charge in [-0.2, -0.15) is 0 Å². The summed E-state index contributed by atoms with van der Waals surface area (Å²) in [5.41, 5.74) is 2.05. The monoisotopic (exact) mass is 359 g/mol. The van der Waals surface area contributed by atoms with Crippen LogP contribution in [0.5, 0.6) is 0 Å². The van der Waals surface area contributed by atoms with Crippen molar-refractivity contribution in [1.29, 1.82) is 0 Å². The molecule has 0 aliphatic carbocycles. The van der Waals surface area contributed by atoms with E-state index in [2.05, 4.69) is 16.0 Å². The number of rotatable bonds is 5. The van der Waals surface area contributed by atoms with E-state index in [1.165, 1.54) is 18.4 Å². The SMILES string of the molecule is Cl.O=[N+]([O-])c1ccccc1/C=C/CN1CCCCC1c1cccnc1. The Hall–Kier alpha value is -2.24. The molecule has 0 radical (unpaired) electrons. The minimum Gasteiger partial charge on any atom is -0.293 e. The minimum atomic E-state index is -0.334. The van der Waals surface area contributed by atoms with E-state index in [1.807, 2.05) is 30.5 Å². The number of nitro benzene ring substituents is 1. The van der Waals surface area contributed by atoms with Gasteiger partial charge in [0.15, 0.2) is 0 Å². The second kappa shape index (κ2) is 9.30. The molecule has 1 atom stereocenters. The van der Waals surface area contributed by atoms with Crippen LogP contribution in [0.1, 0.15) is 36.4 Å². The molecule has 1 aromatic carbocycles. The topological polar surface area (TPSA) is 59.3 Å². The average Bonchev–Trinajstić information content (AvgIpc) is 2.63. The highest BCUT2D eigenvalue weighted by Crippen LogP contribution is 2.30. The Bertz CT molecular complexity index is 722. The van der Waals surface area contributed by atoms with Crippen LogP contribution in [0.2, 0.25) is 0 Å². The number of para-hydroxylation sites is 1. The second-order valence-corrected chi connectivity index (χ2v) is 6.01. The molecule has 1 aromatic heterocycles. The van der Waals surface area contributed by atoms with Crippen LogP contribution in [0.25, 0.3) is 6.08 Å². The molecule has 25 heavy (non-hydrogen) atoms. The predicted octanol–water partition coefficient (Wildman–Crippen LogP) is 4.65. The van der Waals surface area contributed by atoms with Crippen molar-refractivity contribution in [2.45, 2.75) is 25.3 Å². The number of nitrogens with zero attached hydrogens (tertiary/aromatic N) is 3. The molecule has 2 aromatic rings. The largest absolute Gasteiger partial charge is 0.293 e. The second-order valence-electron chi connectivity index (χ2n) is 6.01. The Morgan fingerprint density at radius 3 is 2.84 bits per heavy atom. The molecule has 6 heteroatoms. The van der Waals surface area contributed by atoms with Crippen LogP contribution in [0.15, 0.2) is 54.9 Å². The number of benzene rings is 1. The van der Waals surface area contributed by atoms with Crippen molar-refractivity contribution in [1.82, 2.24) is 9.88 Å². The van der Waals surface area contributed by atoms with Crippen LogP contribution in [-0.2, 0) is 0 Å². The quantitative estimate of drug-likeness (QED) is 0.575. The maximum Gasteiger partial charge on any atom is 0.276 e. The summed E-state index contributed by atoms with van der Waals surface area (Å²) < 4.78 is 0. The summed E-state index contributed by atoms with van der Waals surface area (Å²) in [5, 5.41) is 11.1. The molecule has 1 saturated heterocycles. The average molecular weight is 360 g/mol. The summed E-state index contributed by atoms with van der Waals surface area (Å²) in [6, 6.07) is 11.3. The van der Waals surface area contributed by atoms with Crippen molar-refractivity contribution >= 4 is 24.2 Å². The van der Waals surface area contributed by atoms with Gasteiger partial charge >= 0.3 is 0 Å². The van der Waals surface area contributed by atoms with Gasteiger partial charge in [-0.15, -0.1) is 12.4 Å². The molecule has 0 spiro atoms. The minimum absolute atomic E-state index is 0. The summed E-state index contributed by atoms with van der Waals surface area (Å²) in [6.07, 6.45) is 11.2. The lowest BCUT2D eigenvalue weighted by atomic mass is 9.96. The van der Waals surface area contributed by atoms with Crippen LogP contribution in [0.3, 0.4) is 0 Å². The van der Waals surface area contributed by atoms with Gasteiger partial charge in [-0.25, -0.2) is 0 Å². The Morgan fingerprint density at radius 2 is 2.08 bits per heavy atom. The number of hydrogen-bond donors (Lipinski definition) is 0. The lowest BCUT2D eigenvalue weighted by molar-refractivity contribution is -0.385. The molecular weight excluding hydrogens is 338 g/mol. The molecule has 5 nitrogen and oxygen atoms in total. The summed E-state index contributed by atoms with van der Waals surface area (Å²) in [4.78, 5) is 17.4. The molecule has 2 heterocycles. The normalized spacial score (nSPS) is 18.0. The smallest absolute Gasteiger partial charge is 0.276 e. The summed E-state index contributed by atoms with van der Waals surface area (Å²) in [6.45, 7) is 1.83. The van der Waals surface area contributed by atoms with Crippen molar-refractivity contribution < 1.29 is 4.92 Å². The lowest BCUT2D eigenvalue weighted by Crippen LogP contribution is -2.33. The fourth-order valence-electron chi connectivity index (χ4n) is 3.27. The van der Waals surface area contributed by atoms with E-state index in [9.17, 15) is 10.1 Å². The van der Waals surface area contributed by atoms with Crippen LogP contribution in [0, 0.1) is 10.1 Å². The third-order valence-corrected chi connectivity index (χ3v) is 4.45. The summed E-state index contributed by atoms with van der Waals surface area (Å²) >= 11 is 0. The van der Waals surface area contributed by atoms with Gasteiger partial charge in [0, 0.05) is 31.0 Å². The lowest BCUT2D eigenvalue weighted by Gasteiger charge is -2.35. The van der Waals surface area contributed by atoms with Crippen molar-refractivity contribution in [2.24, 2.45) is 0 Å².